The van der Waals surface area contributed by atoms with E-state index in [1.807, 2.05) is 18.2 Å². The number of nitrogen functional groups attached to an aromatic ring is 1. The molecule has 1 aromatic carbocycles. The first kappa shape index (κ1) is 12.9. The minimum absolute atomic E-state index is 0.162. The predicted molar refractivity (Wildman–Crippen MR) is 75.4 cm³/mol. The molecule has 0 fully saturated rings. The van der Waals surface area contributed by atoms with E-state index in [-0.39, 0.29) is 5.95 Å². The molecule has 0 saturated carbocycles. The number of anilines is 3. The van der Waals surface area contributed by atoms with E-state index in [0.29, 0.717) is 10.8 Å². The van der Waals surface area contributed by atoms with Crippen LogP contribution in [0.4, 0.5) is 17.5 Å². The Hall–Kier alpha value is -1.53. The standard InChI is InChI=1S/C11H10BrClN4O/c1-18-9-3-2-6(4-7(9)12)16-10-8(13)5-15-11(14)17-10/h2-5H,1H3,(H3,14,15,16,17). The van der Waals surface area contributed by atoms with E-state index in [2.05, 4.69) is 31.2 Å². The zero-order valence-corrected chi connectivity index (χ0v) is 11.8. The largest absolute Gasteiger partial charge is 0.496 e. The molecular weight excluding hydrogens is 320 g/mol. The van der Waals surface area contributed by atoms with Crippen LogP contribution in [0.3, 0.4) is 0 Å². The SMILES string of the molecule is COc1ccc(Nc2nc(N)ncc2Cl)cc1Br. The fraction of sp³-hybridized carbons (Fsp3) is 0.0909. The molecule has 2 aromatic rings. The summed E-state index contributed by atoms with van der Waals surface area (Å²) < 4.78 is 5.97. The van der Waals surface area contributed by atoms with Crippen LogP contribution in [-0.2, 0) is 0 Å². The van der Waals surface area contributed by atoms with Gasteiger partial charge < -0.3 is 15.8 Å². The summed E-state index contributed by atoms with van der Waals surface area (Å²) in [6.45, 7) is 0. The Kier molecular flexibility index (Phi) is 3.88. The van der Waals surface area contributed by atoms with Crippen LogP contribution in [-0.4, -0.2) is 17.1 Å². The molecule has 18 heavy (non-hydrogen) atoms. The minimum Gasteiger partial charge on any atom is -0.496 e. The van der Waals surface area contributed by atoms with Crippen molar-refractivity contribution in [2.24, 2.45) is 0 Å². The summed E-state index contributed by atoms with van der Waals surface area (Å²) >= 11 is 9.36. The second-order valence-corrected chi connectivity index (χ2v) is 4.66. The monoisotopic (exact) mass is 328 g/mol. The molecule has 94 valence electrons. The Balaban J connectivity index is 2.28. The lowest BCUT2D eigenvalue weighted by Crippen LogP contribution is -2.00. The van der Waals surface area contributed by atoms with Gasteiger partial charge in [0.25, 0.3) is 0 Å². The zero-order chi connectivity index (χ0) is 13.1. The van der Waals surface area contributed by atoms with Gasteiger partial charge in [-0.05, 0) is 34.1 Å². The second-order valence-electron chi connectivity index (χ2n) is 3.40. The number of benzene rings is 1. The van der Waals surface area contributed by atoms with Crippen molar-refractivity contribution in [2.75, 3.05) is 18.2 Å². The number of nitrogens with two attached hydrogens (primary N) is 1. The minimum atomic E-state index is 0.162. The second kappa shape index (κ2) is 5.41. The average Bonchev–Trinajstić information content (AvgIpc) is 2.34. The predicted octanol–water partition coefficient (Wildman–Crippen LogP) is 3.23. The molecule has 0 atom stereocenters. The van der Waals surface area contributed by atoms with Crippen molar-refractivity contribution in [1.82, 2.24) is 9.97 Å². The van der Waals surface area contributed by atoms with Crippen LogP contribution < -0.4 is 15.8 Å². The van der Waals surface area contributed by atoms with Crippen molar-refractivity contribution in [3.8, 4) is 5.75 Å². The Morgan fingerprint density at radius 2 is 2.22 bits per heavy atom. The summed E-state index contributed by atoms with van der Waals surface area (Å²) in [5.74, 6) is 1.37. The van der Waals surface area contributed by atoms with Crippen LogP contribution in [0.2, 0.25) is 5.02 Å². The molecular formula is C11H10BrClN4O. The molecule has 0 aliphatic heterocycles. The van der Waals surface area contributed by atoms with Crippen molar-refractivity contribution in [3.05, 3.63) is 33.9 Å². The van der Waals surface area contributed by atoms with Gasteiger partial charge in [-0.3, -0.25) is 0 Å². The Bertz CT molecular complexity index is 579. The normalized spacial score (nSPS) is 10.2. The van der Waals surface area contributed by atoms with Crippen LogP contribution in [0.15, 0.2) is 28.9 Å². The lowest BCUT2D eigenvalue weighted by Gasteiger charge is -2.09. The summed E-state index contributed by atoms with van der Waals surface area (Å²) in [4.78, 5) is 7.81. The highest BCUT2D eigenvalue weighted by atomic mass is 79.9. The summed E-state index contributed by atoms with van der Waals surface area (Å²) in [7, 11) is 1.61. The van der Waals surface area contributed by atoms with E-state index in [1.165, 1.54) is 6.20 Å². The molecule has 0 unspecified atom stereocenters. The van der Waals surface area contributed by atoms with E-state index >= 15 is 0 Å². The van der Waals surface area contributed by atoms with Crippen molar-refractivity contribution in [1.29, 1.82) is 0 Å². The molecule has 7 heteroatoms. The van der Waals surface area contributed by atoms with Gasteiger partial charge in [0.05, 0.1) is 17.8 Å². The molecule has 2 rings (SSSR count). The number of halogens is 2. The average molecular weight is 330 g/mol. The van der Waals surface area contributed by atoms with Crippen molar-refractivity contribution >= 4 is 45.0 Å². The van der Waals surface area contributed by atoms with Crippen molar-refractivity contribution < 1.29 is 4.74 Å². The molecule has 0 aliphatic carbocycles. The first-order chi connectivity index (χ1) is 8.60. The quantitative estimate of drug-likeness (QED) is 0.904. The van der Waals surface area contributed by atoms with Gasteiger partial charge in [-0.2, -0.15) is 4.98 Å². The van der Waals surface area contributed by atoms with Crippen molar-refractivity contribution in [2.45, 2.75) is 0 Å². The van der Waals surface area contributed by atoms with E-state index in [0.717, 1.165) is 15.9 Å². The molecule has 0 spiro atoms. The van der Waals surface area contributed by atoms with Crippen molar-refractivity contribution in [3.63, 3.8) is 0 Å². The number of nitrogens with one attached hydrogen (secondary N) is 1. The molecule has 0 aliphatic rings. The molecule has 1 aromatic heterocycles. The van der Waals surface area contributed by atoms with E-state index < -0.39 is 0 Å². The zero-order valence-electron chi connectivity index (χ0n) is 9.45. The van der Waals surface area contributed by atoms with Crippen LogP contribution in [0.25, 0.3) is 0 Å². The van der Waals surface area contributed by atoms with Gasteiger partial charge in [0, 0.05) is 5.69 Å². The maximum absolute atomic E-state index is 5.96. The fourth-order valence-electron chi connectivity index (χ4n) is 1.35. The van der Waals surface area contributed by atoms with E-state index in [9.17, 15) is 0 Å². The molecule has 0 saturated heterocycles. The van der Waals surface area contributed by atoms with E-state index in [4.69, 9.17) is 22.1 Å². The third-order valence-corrected chi connectivity index (χ3v) is 3.07. The number of ether oxygens (including phenoxy) is 1. The lowest BCUT2D eigenvalue weighted by molar-refractivity contribution is 0.412. The number of nitrogens with zero attached hydrogens (tertiary/aromatic N) is 2. The van der Waals surface area contributed by atoms with Crippen LogP contribution >= 0.6 is 27.5 Å². The first-order valence-corrected chi connectivity index (χ1v) is 6.16. The highest BCUT2D eigenvalue weighted by molar-refractivity contribution is 9.10. The summed E-state index contributed by atoms with van der Waals surface area (Å²) in [6, 6.07) is 5.52. The van der Waals surface area contributed by atoms with Crippen LogP contribution in [0.5, 0.6) is 5.75 Å². The summed E-state index contributed by atoms with van der Waals surface area (Å²) in [5.41, 5.74) is 6.31. The van der Waals surface area contributed by atoms with Gasteiger partial charge in [-0.15, -0.1) is 0 Å². The molecule has 0 amide bonds. The lowest BCUT2D eigenvalue weighted by atomic mass is 10.3. The summed E-state index contributed by atoms with van der Waals surface area (Å²) in [6.07, 6.45) is 1.45. The number of aromatic nitrogens is 2. The van der Waals surface area contributed by atoms with Gasteiger partial charge in [-0.1, -0.05) is 11.6 Å². The van der Waals surface area contributed by atoms with Crippen LogP contribution in [0, 0.1) is 0 Å². The highest BCUT2D eigenvalue weighted by Crippen LogP contribution is 2.30. The molecule has 0 bridgehead atoms. The van der Waals surface area contributed by atoms with Gasteiger partial charge in [0.2, 0.25) is 5.95 Å². The third kappa shape index (κ3) is 2.83. The highest BCUT2D eigenvalue weighted by Gasteiger charge is 2.06. The number of rotatable bonds is 3. The number of hydrogen-bond acceptors (Lipinski definition) is 5. The van der Waals surface area contributed by atoms with Gasteiger partial charge in [0.15, 0.2) is 5.82 Å². The summed E-state index contributed by atoms with van der Waals surface area (Å²) in [5, 5.41) is 3.46. The molecule has 5 nitrogen and oxygen atoms in total. The Morgan fingerprint density at radius 3 is 2.89 bits per heavy atom. The Morgan fingerprint density at radius 1 is 1.44 bits per heavy atom. The van der Waals surface area contributed by atoms with Gasteiger partial charge >= 0.3 is 0 Å². The maximum atomic E-state index is 5.96. The number of hydrogen-bond donors (Lipinski definition) is 2. The van der Waals surface area contributed by atoms with Gasteiger partial charge in [0.1, 0.15) is 10.8 Å². The smallest absolute Gasteiger partial charge is 0.222 e. The fourth-order valence-corrected chi connectivity index (χ4v) is 2.03. The third-order valence-electron chi connectivity index (χ3n) is 2.18. The molecule has 0 radical (unpaired) electrons. The van der Waals surface area contributed by atoms with Gasteiger partial charge in [-0.25, -0.2) is 4.98 Å². The first-order valence-electron chi connectivity index (χ1n) is 4.98. The topological polar surface area (TPSA) is 73.1 Å². The molecule has 3 N–H and O–H groups in total. The maximum Gasteiger partial charge on any atom is 0.222 e. The Labute approximate surface area is 117 Å². The van der Waals surface area contributed by atoms with E-state index in [1.54, 1.807) is 7.11 Å². The van der Waals surface area contributed by atoms with Crippen LogP contribution in [0.1, 0.15) is 0 Å². The molecule has 1 heterocycles. The number of methoxy groups -OCH3 is 1.